The second-order valence-electron chi connectivity index (χ2n) is 6.07. The van der Waals surface area contributed by atoms with Crippen LogP contribution in [-0.4, -0.2) is 59.2 Å². The molecule has 0 saturated carbocycles. The second kappa shape index (κ2) is 7.48. The molecule has 132 valence electrons. The van der Waals surface area contributed by atoms with Crippen molar-refractivity contribution in [2.75, 3.05) is 38.2 Å². The van der Waals surface area contributed by atoms with E-state index >= 15 is 0 Å². The lowest BCUT2D eigenvalue weighted by Gasteiger charge is -2.38. The fraction of sp³-hybridized carbons (Fsp3) is 0.389. The van der Waals surface area contributed by atoms with Gasteiger partial charge in [-0.3, -0.25) is 14.7 Å². The third kappa shape index (κ3) is 3.71. The first-order valence-electron chi connectivity index (χ1n) is 8.22. The molecular weight excluding hydrogens is 320 g/mol. The molecule has 0 amide bonds. The van der Waals surface area contributed by atoms with Crippen LogP contribution in [0.3, 0.4) is 0 Å². The van der Waals surface area contributed by atoms with Crippen molar-refractivity contribution in [2.45, 2.75) is 13.0 Å². The fourth-order valence-corrected chi connectivity index (χ4v) is 3.22. The van der Waals surface area contributed by atoms with E-state index in [9.17, 15) is 9.90 Å². The van der Waals surface area contributed by atoms with E-state index in [0.717, 1.165) is 11.4 Å². The Morgan fingerprint density at radius 2 is 2.00 bits per heavy atom. The van der Waals surface area contributed by atoms with Crippen LogP contribution < -0.4 is 9.64 Å². The summed E-state index contributed by atoms with van der Waals surface area (Å²) in [5.41, 5.74) is 1.71. The normalized spacial score (nSPS) is 16.5. The molecule has 0 bridgehead atoms. The molecule has 2 aromatic rings. The van der Waals surface area contributed by atoms with Crippen molar-refractivity contribution >= 4 is 11.8 Å². The van der Waals surface area contributed by atoms with Crippen LogP contribution >= 0.6 is 0 Å². The van der Waals surface area contributed by atoms with Gasteiger partial charge in [0.05, 0.1) is 13.3 Å². The standard InChI is InChI=1S/C18H22N4O3/c1-13-3-4-15(25-2)14(11-13)17(18(23)24)22-9-7-21(8-10-22)16-12-19-5-6-20-16/h3-6,11-12,17H,7-10H2,1-2H3,(H,23,24)/t17-/m1/s1. The highest BCUT2D eigenvalue weighted by Gasteiger charge is 2.32. The summed E-state index contributed by atoms with van der Waals surface area (Å²) in [7, 11) is 1.57. The maximum Gasteiger partial charge on any atom is 0.325 e. The maximum absolute atomic E-state index is 12.0. The average molecular weight is 342 g/mol. The number of carboxylic acids is 1. The molecule has 0 aliphatic carbocycles. The number of rotatable bonds is 5. The number of benzene rings is 1. The van der Waals surface area contributed by atoms with Crippen LogP contribution in [-0.2, 0) is 4.79 Å². The lowest BCUT2D eigenvalue weighted by atomic mass is 10.0. The van der Waals surface area contributed by atoms with Gasteiger partial charge < -0.3 is 14.7 Å². The summed E-state index contributed by atoms with van der Waals surface area (Å²) in [6, 6.07) is 4.93. The Kier molecular flexibility index (Phi) is 5.14. The van der Waals surface area contributed by atoms with Gasteiger partial charge in [-0.1, -0.05) is 17.7 Å². The number of carbonyl (C=O) groups is 1. The monoisotopic (exact) mass is 342 g/mol. The fourth-order valence-electron chi connectivity index (χ4n) is 3.22. The van der Waals surface area contributed by atoms with Crippen LogP contribution in [0.15, 0.2) is 36.8 Å². The van der Waals surface area contributed by atoms with E-state index < -0.39 is 12.0 Å². The Morgan fingerprint density at radius 3 is 2.60 bits per heavy atom. The first kappa shape index (κ1) is 17.2. The minimum absolute atomic E-state index is 0.606. The van der Waals surface area contributed by atoms with Crippen LogP contribution in [0.4, 0.5) is 5.82 Å². The third-order valence-electron chi connectivity index (χ3n) is 4.47. The molecule has 1 N–H and O–H groups in total. The molecular formula is C18H22N4O3. The SMILES string of the molecule is COc1ccc(C)cc1[C@H](C(=O)O)N1CCN(c2cnccn2)CC1. The highest BCUT2D eigenvalue weighted by atomic mass is 16.5. The van der Waals surface area contributed by atoms with Crippen LogP contribution in [0.5, 0.6) is 5.75 Å². The van der Waals surface area contributed by atoms with Gasteiger partial charge in [0.15, 0.2) is 0 Å². The Balaban J connectivity index is 1.80. The third-order valence-corrected chi connectivity index (χ3v) is 4.47. The van der Waals surface area contributed by atoms with E-state index in [1.807, 2.05) is 30.0 Å². The number of piperazine rings is 1. The van der Waals surface area contributed by atoms with E-state index in [1.54, 1.807) is 25.7 Å². The van der Waals surface area contributed by atoms with Gasteiger partial charge in [-0.15, -0.1) is 0 Å². The minimum Gasteiger partial charge on any atom is -0.496 e. The first-order chi connectivity index (χ1) is 12.1. The van der Waals surface area contributed by atoms with Crippen molar-refractivity contribution in [2.24, 2.45) is 0 Å². The molecule has 1 saturated heterocycles. The van der Waals surface area contributed by atoms with Crippen LogP contribution in [0.2, 0.25) is 0 Å². The van der Waals surface area contributed by atoms with E-state index in [2.05, 4.69) is 14.9 Å². The summed E-state index contributed by atoms with van der Waals surface area (Å²) in [5, 5.41) is 9.84. The van der Waals surface area contributed by atoms with E-state index in [0.29, 0.717) is 37.5 Å². The summed E-state index contributed by atoms with van der Waals surface area (Å²) in [4.78, 5) is 24.5. The summed E-state index contributed by atoms with van der Waals surface area (Å²) in [6.07, 6.45) is 5.04. The van der Waals surface area contributed by atoms with Gasteiger partial charge >= 0.3 is 5.97 Å². The predicted octanol–water partition coefficient (Wildman–Crippen LogP) is 1.74. The molecule has 1 aliphatic heterocycles. The summed E-state index contributed by atoms with van der Waals surface area (Å²) >= 11 is 0. The van der Waals surface area contributed by atoms with Gasteiger partial charge in [0.1, 0.15) is 17.6 Å². The number of hydrogen-bond acceptors (Lipinski definition) is 6. The zero-order chi connectivity index (χ0) is 17.8. The van der Waals surface area contributed by atoms with Crippen molar-refractivity contribution in [3.63, 3.8) is 0 Å². The molecule has 2 heterocycles. The first-order valence-corrected chi connectivity index (χ1v) is 8.22. The van der Waals surface area contributed by atoms with E-state index in [-0.39, 0.29) is 0 Å². The number of carboxylic acid groups (broad SMARTS) is 1. The Labute approximate surface area is 146 Å². The maximum atomic E-state index is 12.0. The van der Waals surface area contributed by atoms with Crippen LogP contribution in [0, 0.1) is 6.92 Å². The molecule has 1 aromatic heterocycles. The molecule has 0 radical (unpaired) electrons. The topological polar surface area (TPSA) is 78.8 Å². The van der Waals surface area contributed by atoms with Crippen molar-refractivity contribution in [1.82, 2.24) is 14.9 Å². The number of ether oxygens (including phenoxy) is 1. The highest BCUT2D eigenvalue weighted by Crippen LogP contribution is 2.31. The minimum atomic E-state index is -0.864. The summed E-state index contributed by atoms with van der Waals surface area (Å²) in [6.45, 7) is 4.62. The number of nitrogens with zero attached hydrogens (tertiary/aromatic N) is 4. The lowest BCUT2D eigenvalue weighted by molar-refractivity contribution is -0.143. The van der Waals surface area contributed by atoms with Crippen LogP contribution in [0.25, 0.3) is 0 Å². The molecule has 25 heavy (non-hydrogen) atoms. The number of aryl methyl sites for hydroxylation is 1. The molecule has 7 nitrogen and oxygen atoms in total. The number of methoxy groups -OCH3 is 1. The van der Waals surface area contributed by atoms with Crippen molar-refractivity contribution in [3.05, 3.63) is 47.9 Å². The average Bonchev–Trinajstić information content (AvgIpc) is 2.63. The van der Waals surface area contributed by atoms with E-state index in [1.165, 1.54) is 0 Å². The lowest BCUT2D eigenvalue weighted by Crippen LogP contribution is -2.49. The molecule has 1 atom stereocenters. The Morgan fingerprint density at radius 1 is 1.24 bits per heavy atom. The molecule has 1 aromatic carbocycles. The Bertz CT molecular complexity index is 730. The number of anilines is 1. The largest absolute Gasteiger partial charge is 0.496 e. The number of aromatic nitrogens is 2. The van der Waals surface area contributed by atoms with Crippen molar-refractivity contribution in [3.8, 4) is 5.75 Å². The quantitative estimate of drug-likeness (QED) is 0.886. The van der Waals surface area contributed by atoms with Crippen molar-refractivity contribution in [1.29, 1.82) is 0 Å². The van der Waals surface area contributed by atoms with E-state index in [4.69, 9.17) is 4.74 Å². The zero-order valence-corrected chi connectivity index (χ0v) is 14.4. The summed E-state index contributed by atoms with van der Waals surface area (Å²) in [5.74, 6) is 0.563. The second-order valence-corrected chi connectivity index (χ2v) is 6.07. The zero-order valence-electron chi connectivity index (χ0n) is 14.4. The molecule has 0 spiro atoms. The highest BCUT2D eigenvalue weighted by molar-refractivity contribution is 5.77. The Hall–Kier alpha value is -2.67. The van der Waals surface area contributed by atoms with Crippen molar-refractivity contribution < 1.29 is 14.6 Å². The molecule has 1 fully saturated rings. The molecule has 0 unspecified atom stereocenters. The van der Waals surface area contributed by atoms with Gasteiger partial charge in [-0.25, -0.2) is 4.98 Å². The smallest absolute Gasteiger partial charge is 0.325 e. The molecule has 1 aliphatic rings. The predicted molar refractivity (Wildman–Crippen MR) is 93.9 cm³/mol. The number of hydrogen-bond donors (Lipinski definition) is 1. The summed E-state index contributed by atoms with van der Waals surface area (Å²) < 4.78 is 5.39. The molecule has 3 rings (SSSR count). The number of aliphatic carboxylic acids is 1. The van der Waals surface area contributed by atoms with Gasteiger partial charge in [0.2, 0.25) is 0 Å². The van der Waals surface area contributed by atoms with Gasteiger partial charge in [-0.05, 0) is 13.0 Å². The molecule has 7 heteroatoms. The van der Waals surface area contributed by atoms with Gasteiger partial charge in [-0.2, -0.15) is 0 Å². The van der Waals surface area contributed by atoms with Gasteiger partial charge in [0.25, 0.3) is 0 Å². The van der Waals surface area contributed by atoms with Gasteiger partial charge in [0, 0.05) is 44.1 Å². The van der Waals surface area contributed by atoms with Crippen LogP contribution in [0.1, 0.15) is 17.2 Å².